The summed E-state index contributed by atoms with van der Waals surface area (Å²) in [6, 6.07) is 23.2. The quantitative estimate of drug-likeness (QED) is 0.148. The minimum absolute atomic E-state index is 0.0368. The van der Waals surface area contributed by atoms with Crippen molar-refractivity contribution in [1.29, 1.82) is 5.26 Å². The molecule has 1 atom stereocenters. The number of pyridine rings is 2. The molecule has 45 heavy (non-hydrogen) atoms. The minimum Gasteiger partial charge on any atom is -0.488 e. The van der Waals surface area contributed by atoms with Crippen LogP contribution < -0.4 is 14.8 Å². The number of aliphatic hydroxyl groups excluding tert-OH is 1. The van der Waals surface area contributed by atoms with Gasteiger partial charge in [0.1, 0.15) is 36.3 Å². The largest absolute Gasteiger partial charge is 0.488 e. The number of nitriles is 1. The molecular formula is C35H31ClN4O5. The summed E-state index contributed by atoms with van der Waals surface area (Å²) in [4.78, 5) is 20.5. The van der Waals surface area contributed by atoms with Crippen LogP contribution in [0.2, 0.25) is 5.02 Å². The number of carboxylic acids is 1. The number of hydrogen-bond donors (Lipinski definition) is 3. The number of nitrogens with zero attached hydrogens (tertiary/aromatic N) is 3. The maximum absolute atomic E-state index is 11.7. The summed E-state index contributed by atoms with van der Waals surface area (Å²) < 4.78 is 12.3. The zero-order valence-corrected chi connectivity index (χ0v) is 25.5. The fraction of sp³-hybridized carbons (Fsp3) is 0.200. The number of hydrogen-bond acceptors (Lipinski definition) is 8. The first kappa shape index (κ1) is 31.4. The number of fused-ring (bicyclic) bond motifs is 1. The molecule has 0 bridgehead atoms. The summed E-state index contributed by atoms with van der Waals surface area (Å²) in [7, 11) is 0. The van der Waals surface area contributed by atoms with Gasteiger partial charge in [-0.05, 0) is 48.6 Å². The van der Waals surface area contributed by atoms with Gasteiger partial charge in [0.25, 0.3) is 0 Å². The molecular weight excluding hydrogens is 592 g/mol. The number of carboxylic acid groups (broad SMARTS) is 1. The van der Waals surface area contributed by atoms with E-state index in [9.17, 15) is 20.3 Å². The Balaban J connectivity index is 1.40. The highest BCUT2D eigenvalue weighted by Crippen LogP contribution is 2.35. The molecule has 10 heteroatoms. The van der Waals surface area contributed by atoms with Crippen molar-refractivity contribution >= 4 is 28.3 Å². The molecule has 2 aromatic heterocycles. The number of rotatable bonds is 12. The molecule has 0 aliphatic heterocycles. The highest BCUT2D eigenvalue weighted by atomic mass is 35.5. The molecule has 0 saturated carbocycles. The van der Waals surface area contributed by atoms with Gasteiger partial charge in [0.2, 0.25) is 0 Å². The summed E-state index contributed by atoms with van der Waals surface area (Å²) in [6.07, 6.45) is 4.93. The maximum Gasteiger partial charge on any atom is 0.326 e. The first-order valence-corrected chi connectivity index (χ1v) is 14.5. The summed E-state index contributed by atoms with van der Waals surface area (Å²) in [5.74, 6) is -0.439. The molecule has 0 radical (unpaired) electrons. The van der Waals surface area contributed by atoms with Crippen molar-refractivity contribution in [2.24, 2.45) is 0 Å². The maximum atomic E-state index is 11.7. The minimum atomic E-state index is -1.58. The van der Waals surface area contributed by atoms with E-state index in [1.54, 1.807) is 24.4 Å². The van der Waals surface area contributed by atoms with Crippen molar-refractivity contribution in [3.8, 4) is 28.8 Å². The SMILES string of the molecule is Cc1c(COc2cc(OCc3cncc(C#N)c3)c(CN[C@](C)(CO)C(=O)O)cc2Cl)cccc1-c1cc2ccccc2cn1. The van der Waals surface area contributed by atoms with Gasteiger partial charge in [0, 0.05) is 53.3 Å². The van der Waals surface area contributed by atoms with Crippen LogP contribution in [0.15, 0.2) is 85.3 Å². The Morgan fingerprint density at radius 2 is 1.76 bits per heavy atom. The lowest BCUT2D eigenvalue weighted by molar-refractivity contribution is -0.145. The molecule has 0 aliphatic carbocycles. The Labute approximate surface area is 265 Å². The average Bonchev–Trinajstić information content (AvgIpc) is 3.06. The third kappa shape index (κ3) is 7.21. The number of aliphatic carboxylic acids is 1. The molecule has 0 unspecified atom stereocenters. The highest BCUT2D eigenvalue weighted by Gasteiger charge is 2.32. The molecule has 3 N–H and O–H groups in total. The molecule has 228 valence electrons. The third-order valence-electron chi connectivity index (χ3n) is 7.63. The first-order valence-electron chi connectivity index (χ1n) is 14.2. The van der Waals surface area contributed by atoms with Crippen LogP contribution in [0.3, 0.4) is 0 Å². The smallest absolute Gasteiger partial charge is 0.326 e. The van der Waals surface area contributed by atoms with Crippen LogP contribution in [-0.4, -0.2) is 38.3 Å². The molecule has 3 aromatic carbocycles. The van der Waals surface area contributed by atoms with Crippen LogP contribution in [-0.2, 0) is 24.6 Å². The van der Waals surface area contributed by atoms with Gasteiger partial charge >= 0.3 is 5.97 Å². The second-order valence-electron chi connectivity index (χ2n) is 10.8. The van der Waals surface area contributed by atoms with Gasteiger partial charge in [-0.15, -0.1) is 0 Å². The Morgan fingerprint density at radius 3 is 2.51 bits per heavy atom. The average molecular weight is 623 g/mol. The van der Waals surface area contributed by atoms with Crippen molar-refractivity contribution in [2.75, 3.05) is 6.61 Å². The van der Waals surface area contributed by atoms with Gasteiger partial charge in [-0.1, -0.05) is 54.1 Å². The lowest BCUT2D eigenvalue weighted by Gasteiger charge is -2.25. The van der Waals surface area contributed by atoms with Gasteiger partial charge in [0.15, 0.2) is 0 Å². The molecule has 5 aromatic rings. The summed E-state index contributed by atoms with van der Waals surface area (Å²) in [5, 5.41) is 33.8. The lowest BCUT2D eigenvalue weighted by Crippen LogP contribution is -2.52. The monoisotopic (exact) mass is 622 g/mol. The lowest BCUT2D eigenvalue weighted by atomic mass is 9.99. The van der Waals surface area contributed by atoms with E-state index in [0.717, 1.165) is 33.2 Å². The van der Waals surface area contributed by atoms with Crippen LogP contribution >= 0.6 is 11.6 Å². The van der Waals surface area contributed by atoms with Gasteiger partial charge < -0.3 is 19.7 Å². The first-order chi connectivity index (χ1) is 21.7. The zero-order valence-electron chi connectivity index (χ0n) is 24.8. The predicted octanol–water partition coefficient (Wildman–Crippen LogP) is 6.21. The number of carbonyl (C=O) groups is 1. The second kappa shape index (κ2) is 13.7. The Hall–Kier alpha value is -5.01. The van der Waals surface area contributed by atoms with E-state index in [-0.39, 0.29) is 19.8 Å². The number of benzene rings is 3. The fourth-order valence-electron chi connectivity index (χ4n) is 4.74. The summed E-state index contributed by atoms with van der Waals surface area (Å²) in [5.41, 5.74) is 3.88. The van der Waals surface area contributed by atoms with Crippen LogP contribution in [0.25, 0.3) is 22.0 Å². The van der Waals surface area contributed by atoms with Crippen LogP contribution in [0.1, 0.15) is 34.7 Å². The molecule has 9 nitrogen and oxygen atoms in total. The second-order valence-corrected chi connectivity index (χ2v) is 11.2. The van der Waals surface area contributed by atoms with Crippen molar-refractivity contribution < 1.29 is 24.5 Å². The zero-order chi connectivity index (χ0) is 32.0. The van der Waals surface area contributed by atoms with Crippen LogP contribution in [0.4, 0.5) is 0 Å². The number of aliphatic hydroxyl groups is 1. The van der Waals surface area contributed by atoms with Crippen molar-refractivity contribution in [2.45, 2.75) is 39.1 Å². The predicted molar refractivity (Wildman–Crippen MR) is 171 cm³/mol. The van der Waals surface area contributed by atoms with E-state index < -0.39 is 18.1 Å². The van der Waals surface area contributed by atoms with E-state index in [1.165, 1.54) is 13.1 Å². The topological polar surface area (TPSA) is 138 Å². The number of aromatic nitrogens is 2. The number of halogens is 1. The van der Waals surface area contributed by atoms with Crippen LogP contribution in [0, 0.1) is 18.3 Å². The van der Waals surface area contributed by atoms with Gasteiger partial charge in [-0.3, -0.25) is 20.1 Å². The van der Waals surface area contributed by atoms with Crippen molar-refractivity contribution in [3.63, 3.8) is 0 Å². The van der Waals surface area contributed by atoms with Crippen molar-refractivity contribution in [1.82, 2.24) is 15.3 Å². The van der Waals surface area contributed by atoms with Crippen LogP contribution in [0.5, 0.6) is 11.5 Å². The fourth-order valence-corrected chi connectivity index (χ4v) is 4.98. The van der Waals surface area contributed by atoms with E-state index >= 15 is 0 Å². The van der Waals surface area contributed by atoms with Gasteiger partial charge in [0.05, 0.1) is 22.9 Å². The van der Waals surface area contributed by atoms with E-state index in [2.05, 4.69) is 33.5 Å². The third-order valence-corrected chi connectivity index (χ3v) is 7.92. The molecule has 0 saturated heterocycles. The Kier molecular flexibility index (Phi) is 9.59. The Bertz CT molecular complexity index is 1910. The van der Waals surface area contributed by atoms with Gasteiger partial charge in [-0.25, -0.2) is 0 Å². The van der Waals surface area contributed by atoms with E-state index in [1.807, 2.05) is 49.5 Å². The molecule has 0 aliphatic rings. The molecule has 2 heterocycles. The molecule has 0 amide bonds. The standard InChI is InChI=1S/C35H31ClN4O5/c1-22-27(8-5-9-29(22)31-12-25-6-3-4-7-26(25)17-39-31)20-45-33-13-32(44-19-24-10-23(14-37)15-38-16-24)28(11-30(33)36)18-40-35(2,21-41)34(42)43/h3-13,15-17,40-41H,18-21H2,1-2H3,(H,42,43)/t35-/m1/s1. The highest BCUT2D eigenvalue weighted by molar-refractivity contribution is 6.32. The van der Waals surface area contributed by atoms with Crippen molar-refractivity contribution in [3.05, 3.63) is 118 Å². The molecule has 0 fully saturated rings. The van der Waals surface area contributed by atoms with Gasteiger partial charge in [-0.2, -0.15) is 5.26 Å². The number of ether oxygens (including phenoxy) is 2. The summed E-state index contributed by atoms with van der Waals surface area (Å²) >= 11 is 6.66. The normalized spacial score (nSPS) is 12.3. The molecule has 5 rings (SSSR count). The Morgan fingerprint density at radius 1 is 0.978 bits per heavy atom. The molecule has 0 spiro atoms. The van der Waals surface area contributed by atoms with E-state index in [4.69, 9.17) is 21.1 Å². The summed E-state index contributed by atoms with van der Waals surface area (Å²) in [6.45, 7) is 3.15. The number of nitrogens with one attached hydrogen (secondary N) is 1. The van der Waals surface area contributed by atoms with E-state index in [0.29, 0.717) is 33.2 Å².